The van der Waals surface area contributed by atoms with Gasteiger partial charge in [-0.05, 0) is 12.8 Å². The number of hydrogen-bond donors (Lipinski definition) is 2. The van der Waals surface area contributed by atoms with E-state index < -0.39 is 11.9 Å². The van der Waals surface area contributed by atoms with E-state index in [1.54, 1.807) is 17.9 Å². The zero-order chi connectivity index (χ0) is 14.2. The van der Waals surface area contributed by atoms with Crippen LogP contribution in [0, 0.1) is 18.8 Å². The lowest BCUT2D eigenvalue weighted by Gasteiger charge is -2.16. The molecule has 2 rings (SSSR count). The number of nitrogens with one attached hydrogen (secondary N) is 1. The van der Waals surface area contributed by atoms with Gasteiger partial charge in [0, 0.05) is 26.3 Å². The number of nitrogens with zero attached hydrogens (tertiary/aromatic N) is 3. The van der Waals surface area contributed by atoms with Crippen molar-refractivity contribution in [3.8, 4) is 0 Å². The lowest BCUT2D eigenvalue weighted by atomic mass is 9.99. The van der Waals surface area contributed by atoms with E-state index in [4.69, 9.17) is 5.11 Å². The third-order valence-corrected chi connectivity index (χ3v) is 3.47. The molecular weight excluding hydrogens is 248 g/mol. The molecule has 1 aromatic rings. The van der Waals surface area contributed by atoms with Crippen LogP contribution in [-0.2, 0) is 11.8 Å². The van der Waals surface area contributed by atoms with Crippen molar-refractivity contribution in [2.75, 3.05) is 18.4 Å². The van der Waals surface area contributed by atoms with E-state index in [-0.39, 0.29) is 18.5 Å². The smallest absolute Gasteiger partial charge is 0.321 e. The minimum atomic E-state index is -0.847. The molecule has 2 N–H and O–H groups in total. The van der Waals surface area contributed by atoms with Gasteiger partial charge in [0.2, 0.25) is 0 Å². The van der Waals surface area contributed by atoms with Gasteiger partial charge in [-0.15, -0.1) is 0 Å². The predicted octanol–water partition coefficient (Wildman–Crippen LogP) is 0.913. The van der Waals surface area contributed by atoms with E-state index >= 15 is 0 Å². The molecule has 1 saturated heterocycles. The van der Waals surface area contributed by atoms with Crippen molar-refractivity contribution in [1.29, 1.82) is 0 Å². The Bertz CT molecular complexity index is 511. The maximum absolute atomic E-state index is 12.1. The van der Waals surface area contributed by atoms with Gasteiger partial charge in [0.1, 0.15) is 0 Å². The van der Waals surface area contributed by atoms with Crippen molar-refractivity contribution < 1.29 is 14.7 Å². The maximum atomic E-state index is 12.1. The topological polar surface area (TPSA) is 87.5 Å². The number of carbonyl (C=O) groups excluding carboxylic acids is 1. The number of carbonyl (C=O) groups is 2. The van der Waals surface area contributed by atoms with Gasteiger partial charge in [-0.1, -0.05) is 6.92 Å². The van der Waals surface area contributed by atoms with Gasteiger partial charge in [0.25, 0.3) is 0 Å². The molecule has 7 heteroatoms. The van der Waals surface area contributed by atoms with Gasteiger partial charge in [-0.25, -0.2) is 4.79 Å². The summed E-state index contributed by atoms with van der Waals surface area (Å²) in [6, 6.07) is -0.272. The fraction of sp³-hybridized carbons (Fsp3) is 0.583. The summed E-state index contributed by atoms with van der Waals surface area (Å²) >= 11 is 0. The SMILES string of the molecule is Cc1nn(C)cc1NC(=O)N1CC(C)C(C(=O)O)C1. The lowest BCUT2D eigenvalue weighted by molar-refractivity contribution is -0.142. The van der Waals surface area contributed by atoms with E-state index in [1.807, 2.05) is 13.8 Å². The first-order valence-corrected chi connectivity index (χ1v) is 6.17. The number of hydrogen-bond acceptors (Lipinski definition) is 3. The third kappa shape index (κ3) is 2.69. The molecular formula is C12H18N4O3. The quantitative estimate of drug-likeness (QED) is 0.833. The Balaban J connectivity index is 2.02. The van der Waals surface area contributed by atoms with E-state index in [0.29, 0.717) is 12.2 Å². The van der Waals surface area contributed by atoms with Crippen LogP contribution in [0.3, 0.4) is 0 Å². The summed E-state index contributed by atoms with van der Waals surface area (Å²) in [5, 5.41) is 16.0. The first-order valence-electron chi connectivity index (χ1n) is 6.17. The third-order valence-electron chi connectivity index (χ3n) is 3.47. The van der Waals surface area contributed by atoms with Gasteiger partial charge in [-0.2, -0.15) is 5.10 Å². The van der Waals surface area contributed by atoms with Crippen LogP contribution in [-0.4, -0.2) is 44.9 Å². The van der Waals surface area contributed by atoms with Crippen LogP contribution in [0.5, 0.6) is 0 Å². The Morgan fingerprint density at radius 1 is 1.47 bits per heavy atom. The molecule has 0 bridgehead atoms. The highest BCUT2D eigenvalue weighted by Gasteiger charge is 2.37. The Labute approximate surface area is 111 Å². The van der Waals surface area contributed by atoms with Crippen molar-refractivity contribution in [3.63, 3.8) is 0 Å². The number of amides is 2. The molecule has 1 aliphatic heterocycles. The molecule has 104 valence electrons. The molecule has 1 aromatic heterocycles. The van der Waals surface area contributed by atoms with Crippen LogP contribution in [0.15, 0.2) is 6.20 Å². The second kappa shape index (κ2) is 4.91. The molecule has 7 nitrogen and oxygen atoms in total. The summed E-state index contributed by atoms with van der Waals surface area (Å²) in [6.45, 7) is 4.37. The van der Waals surface area contributed by atoms with Crippen molar-refractivity contribution in [2.24, 2.45) is 18.9 Å². The zero-order valence-corrected chi connectivity index (χ0v) is 11.3. The monoisotopic (exact) mass is 266 g/mol. The highest BCUT2D eigenvalue weighted by Crippen LogP contribution is 2.24. The minimum absolute atomic E-state index is 0.0294. The number of carboxylic acid groups (broad SMARTS) is 1. The van der Waals surface area contributed by atoms with Gasteiger partial charge in [0.05, 0.1) is 17.3 Å². The summed E-state index contributed by atoms with van der Waals surface area (Å²) < 4.78 is 1.62. The molecule has 0 saturated carbocycles. The van der Waals surface area contributed by atoms with Crippen molar-refractivity contribution in [3.05, 3.63) is 11.9 Å². The molecule has 0 spiro atoms. The molecule has 1 aliphatic rings. The van der Waals surface area contributed by atoms with Crippen LogP contribution in [0.2, 0.25) is 0 Å². The van der Waals surface area contributed by atoms with E-state index in [1.165, 1.54) is 4.90 Å². The number of aromatic nitrogens is 2. The Kier molecular flexibility index (Phi) is 3.46. The van der Waals surface area contributed by atoms with Crippen LogP contribution in [0.1, 0.15) is 12.6 Å². The second-order valence-electron chi connectivity index (χ2n) is 5.06. The van der Waals surface area contributed by atoms with Crippen LogP contribution in [0.4, 0.5) is 10.5 Å². The summed E-state index contributed by atoms with van der Waals surface area (Å²) in [6.07, 6.45) is 1.72. The molecule has 19 heavy (non-hydrogen) atoms. The Morgan fingerprint density at radius 2 is 2.16 bits per heavy atom. The summed E-state index contributed by atoms with van der Waals surface area (Å²) in [7, 11) is 1.78. The molecule has 1 fully saturated rings. The average molecular weight is 266 g/mol. The summed E-state index contributed by atoms with van der Waals surface area (Å²) in [5.74, 6) is -1.36. The first kappa shape index (κ1) is 13.4. The summed E-state index contributed by atoms with van der Waals surface area (Å²) in [4.78, 5) is 24.6. The van der Waals surface area contributed by atoms with Crippen LogP contribution in [0.25, 0.3) is 0 Å². The number of rotatable bonds is 2. The second-order valence-corrected chi connectivity index (χ2v) is 5.06. The van der Waals surface area contributed by atoms with Crippen molar-refractivity contribution >= 4 is 17.7 Å². The largest absolute Gasteiger partial charge is 0.481 e. The van der Waals surface area contributed by atoms with E-state index in [2.05, 4.69) is 10.4 Å². The van der Waals surface area contributed by atoms with Crippen molar-refractivity contribution in [2.45, 2.75) is 13.8 Å². The molecule has 2 atom stereocenters. The number of carboxylic acids is 1. The highest BCUT2D eigenvalue weighted by molar-refractivity contribution is 5.90. The standard InChI is InChI=1S/C12H18N4O3/c1-7-4-16(5-9(7)11(17)18)12(19)13-10-6-15(3)14-8(10)2/h6-7,9H,4-5H2,1-3H3,(H,13,19)(H,17,18). The molecule has 2 heterocycles. The van der Waals surface area contributed by atoms with Crippen molar-refractivity contribution in [1.82, 2.24) is 14.7 Å². The Hall–Kier alpha value is -2.05. The predicted molar refractivity (Wildman–Crippen MR) is 68.8 cm³/mol. The van der Waals surface area contributed by atoms with Gasteiger partial charge < -0.3 is 15.3 Å². The fourth-order valence-electron chi connectivity index (χ4n) is 2.37. The normalized spacial score (nSPS) is 22.6. The Morgan fingerprint density at radius 3 is 2.63 bits per heavy atom. The molecule has 0 aliphatic carbocycles. The fourth-order valence-corrected chi connectivity index (χ4v) is 2.37. The zero-order valence-electron chi connectivity index (χ0n) is 11.3. The molecule has 0 aromatic carbocycles. The number of aliphatic carboxylic acids is 1. The minimum Gasteiger partial charge on any atom is -0.481 e. The summed E-state index contributed by atoms with van der Waals surface area (Å²) in [5.41, 5.74) is 1.39. The highest BCUT2D eigenvalue weighted by atomic mass is 16.4. The average Bonchev–Trinajstić information content (AvgIpc) is 2.83. The first-order chi connectivity index (χ1) is 8.88. The van der Waals surface area contributed by atoms with E-state index in [9.17, 15) is 9.59 Å². The number of likely N-dealkylation sites (tertiary alicyclic amines) is 1. The number of anilines is 1. The lowest BCUT2D eigenvalue weighted by Crippen LogP contribution is -2.33. The molecule has 0 radical (unpaired) electrons. The molecule has 2 amide bonds. The van der Waals surface area contributed by atoms with Gasteiger partial charge in [0.15, 0.2) is 0 Å². The number of aryl methyl sites for hydroxylation is 2. The maximum Gasteiger partial charge on any atom is 0.321 e. The van der Waals surface area contributed by atoms with E-state index in [0.717, 1.165) is 5.69 Å². The van der Waals surface area contributed by atoms with Gasteiger partial charge >= 0.3 is 12.0 Å². The van der Waals surface area contributed by atoms with Gasteiger partial charge in [-0.3, -0.25) is 9.48 Å². The number of urea groups is 1. The van der Waals surface area contributed by atoms with Crippen LogP contribution < -0.4 is 5.32 Å². The molecule has 2 unspecified atom stereocenters. The van der Waals surface area contributed by atoms with Crippen LogP contribution >= 0.6 is 0 Å².